The van der Waals surface area contributed by atoms with Crippen LogP contribution in [-0.4, -0.2) is 48.7 Å². The molecule has 0 bridgehead atoms. The first-order chi connectivity index (χ1) is 14.5. The Kier molecular flexibility index (Phi) is 6.15. The maximum Gasteiger partial charge on any atom is 0.306 e. The highest BCUT2D eigenvalue weighted by atomic mass is 16.5. The van der Waals surface area contributed by atoms with E-state index in [2.05, 4.69) is 19.9 Å². The third-order valence-corrected chi connectivity index (χ3v) is 6.15. The number of aryl methyl sites for hydroxylation is 1. The maximum absolute atomic E-state index is 11.7. The molecule has 0 spiro atoms. The van der Waals surface area contributed by atoms with Crippen LogP contribution in [0.3, 0.4) is 0 Å². The lowest BCUT2D eigenvalue weighted by Crippen LogP contribution is -2.31. The van der Waals surface area contributed by atoms with Gasteiger partial charge in [-0.2, -0.15) is 4.98 Å². The fourth-order valence-electron chi connectivity index (χ4n) is 4.63. The third-order valence-electron chi connectivity index (χ3n) is 6.15. The van der Waals surface area contributed by atoms with Crippen LogP contribution in [0.4, 0.5) is 5.95 Å². The van der Waals surface area contributed by atoms with E-state index in [4.69, 9.17) is 14.8 Å². The average molecular weight is 415 g/mol. The topological polar surface area (TPSA) is 119 Å². The summed E-state index contributed by atoms with van der Waals surface area (Å²) in [5.41, 5.74) is 1.74. The number of imidazole rings is 1. The minimum atomic E-state index is -0.985. The molecule has 4 rings (SSSR count). The number of nitrogens with zero attached hydrogens (tertiary/aromatic N) is 4. The lowest BCUT2D eigenvalue weighted by atomic mass is 9.93. The minimum Gasteiger partial charge on any atom is -0.481 e. The molecule has 2 aliphatic carbocycles. The maximum atomic E-state index is 11.7. The smallest absolute Gasteiger partial charge is 0.306 e. The summed E-state index contributed by atoms with van der Waals surface area (Å²) in [7, 11) is 0. The van der Waals surface area contributed by atoms with Gasteiger partial charge in [0.05, 0.1) is 19.0 Å². The molecule has 0 radical (unpaired) electrons. The Balaban J connectivity index is 1.34. The highest BCUT2D eigenvalue weighted by Gasteiger charge is 2.26. The number of carboxylic acid groups (broad SMARTS) is 1. The van der Waals surface area contributed by atoms with E-state index in [-0.39, 0.29) is 25.0 Å². The summed E-state index contributed by atoms with van der Waals surface area (Å²) in [6.45, 7) is 2.03. The van der Waals surface area contributed by atoms with Gasteiger partial charge < -0.3 is 19.7 Å². The highest BCUT2D eigenvalue weighted by Crippen LogP contribution is 2.33. The van der Waals surface area contributed by atoms with Gasteiger partial charge in [0.25, 0.3) is 0 Å². The monoisotopic (exact) mass is 415 g/mol. The van der Waals surface area contributed by atoms with Crippen molar-refractivity contribution in [2.24, 2.45) is 0 Å². The van der Waals surface area contributed by atoms with E-state index in [0.29, 0.717) is 12.0 Å². The van der Waals surface area contributed by atoms with Crippen LogP contribution in [-0.2, 0) is 14.3 Å². The summed E-state index contributed by atoms with van der Waals surface area (Å²) < 4.78 is 7.67. The molecule has 2 aromatic heterocycles. The Labute approximate surface area is 175 Å². The zero-order valence-corrected chi connectivity index (χ0v) is 17.3. The summed E-state index contributed by atoms with van der Waals surface area (Å²) >= 11 is 0. The summed E-state index contributed by atoms with van der Waals surface area (Å²) in [4.78, 5) is 36.1. The van der Waals surface area contributed by atoms with Crippen LogP contribution in [0.25, 0.3) is 11.2 Å². The van der Waals surface area contributed by atoms with Crippen LogP contribution >= 0.6 is 0 Å². The third kappa shape index (κ3) is 4.71. The summed E-state index contributed by atoms with van der Waals surface area (Å²) in [5, 5.41) is 12.1. The van der Waals surface area contributed by atoms with E-state index in [1.54, 1.807) is 6.20 Å². The molecule has 9 nitrogen and oxygen atoms in total. The average Bonchev–Trinajstić information content (AvgIpc) is 3.34. The number of hydrogen-bond acceptors (Lipinski definition) is 7. The first-order valence-corrected chi connectivity index (χ1v) is 10.9. The van der Waals surface area contributed by atoms with Gasteiger partial charge in [0.1, 0.15) is 17.4 Å². The second-order valence-corrected chi connectivity index (χ2v) is 8.37. The lowest BCUT2D eigenvalue weighted by Gasteiger charge is -2.28. The largest absolute Gasteiger partial charge is 0.481 e. The number of nitrogens with one attached hydrogen (secondary N) is 1. The Morgan fingerprint density at radius 3 is 2.57 bits per heavy atom. The van der Waals surface area contributed by atoms with Crippen molar-refractivity contribution >= 4 is 29.1 Å². The van der Waals surface area contributed by atoms with Crippen LogP contribution in [0.2, 0.25) is 0 Å². The molecule has 9 heteroatoms. The highest BCUT2D eigenvalue weighted by molar-refractivity contribution is 5.76. The van der Waals surface area contributed by atoms with Gasteiger partial charge in [0.2, 0.25) is 5.95 Å². The fourth-order valence-corrected chi connectivity index (χ4v) is 4.63. The van der Waals surface area contributed by atoms with Crippen LogP contribution in [0.15, 0.2) is 6.20 Å². The quantitative estimate of drug-likeness (QED) is 0.661. The number of fused-ring (bicyclic) bond motifs is 1. The molecular formula is C21H29N5O4. The minimum absolute atomic E-state index is 0.0739. The molecule has 2 aliphatic rings. The second kappa shape index (κ2) is 8.97. The van der Waals surface area contributed by atoms with E-state index in [9.17, 15) is 9.59 Å². The number of carbonyl (C=O) groups excluding carboxylic acids is 1. The van der Waals surface area contributed by atoms with Gasteiger partial charge in [0, 0.05) is 12.1 Å². The van der Waals surface area contributed by atoms with Gasteiger partial charge in [0.15, 0.2) is 5.65 Å². The summed E-state index contributed by atoms with van der Waals surface area (Å²) in [6.07, 6.45) is 9.44. The predicted octanol–water partition coefficient (Wildman–Crippen LogP) is 3.38. The Morgan fingerprint density at radius 1 is 1.13 bits per heavy atom. The van der Waals surface area contributed by atoms with Crippen molar-refractivity contribution in [3.8, 4) is 0 Å². The fraction of sp³-hybridized carbons (Fsp3) is 0.667. The van der Waals surface area contributed by atoms with E-state index in [0.717, 1.165) is 42.7 Å². The number of carboxylic acids is 1. The molecule has 2 saturated carbocycles. The van der Waals surface area contributed by atoms with Crippen LogP contribution in [0.5, 0.6) is 0 Å². The molecule has 2 aromatic rings. The molecule has 162 valence electrons. The molecule has 0 unspecified atom stereocenters. The van der Waals surface area contributed by atoms with Crippen molar-refractivity contribution in [1.82, 2.24) is 19.5 Å². The molecular weight excluding hydrogens is 386 g/mol. The van der Waals surface area contributed by atoms with Gasteiger partial charge in [-0.15, -0.1) is 0 Å². The molecule has 0 aromatic carbocycles. The first kappa shape index (κ1) is 20.6. The van der Waals surface area contributed by atoms with Gasteiger partial charge in [-0.05, 0) is 45.4 Å². The zero-order valence-electron chi connectivity index (χ0n) is 17.3. The number of esters is 1. The molecule has 0 atom stereocenters. The SMILES string of the molecule is Cc1nc2cnc(N[C@H]3CC[C@H](OC(=O)CCC(=O)O)CC3)nc2n1C1CCCC1. The van der Waals surface area contributed by atoms with E-state index in [1.807, 2.05) is 6.92 Å². The number of rotatable bonds is 7. The number of ether oxygens (including phenoxy) is 1. The molecule has 0 amide bonds. The van der Waals surface area contributed by atoms with E-state index in [1.165, 1.54) is 25.7 Å². The molecule has 0 saturated heterocycles. The molecule has 2 fully saturated rings. The van der Waals surface area contributed by atoms with Crippen LogP contribution in [0.1, 0.15) is 76.1 Å². The molecule has 2 heterocycles. The first-order valence-electron chi connectivity index (χ1n) is 10.9. The zero-order chi connectivity index (χ0) is 21.1. The van der Waals surface area contributed by atoms with Crippen molar-refractivity contribution in [1.29, 1.82) is 0 Å². The Bertz CT molecular complexity index is 914. The number of aliphatic carboxylic acids is 1. The number of aromatic nitrogens is 4. The Hall–Kier alpha value is -2.71. The van der Waals surface area contributed by atoms with Crippen LogP contribution in [0, 0.1) is 6.92 Å². The van der Waals surface area contributed by atoms with Crippen molar-refractivity contribution in [3.63, 3.8) is 0 Å². The van der Waals surface area contributed by atoms with Crippen molar-refractivity contribution in [3.05, 3.63) is 12.0 Å². The number of carbonyl (C=O) groups is 2. The Morgan fingerprint density at radius 2 is 1.87 bits per heavy atom. The van der Waals surface area contributed by atoms with Gasteiger partial charge in [-0.25, -0.2) is 9.97 Å². The van der Waals surface area contributed by atoms with Crippen molar-refractivity contribution in [2.45, 2.75) is 89.3 Å². The normalized spacial score (nSPS) is 22.3. The van der Waals surface area contributed by atoms with Gasteiger partial charge in [-0.3, -0.25) is 9.59 Å². The van der Waals surface area contributed by atoms with E-state index < -0.39 is 11.9 Å². The van der Waals surface area contributed by atoms with Crippen molar-refractivity contribution < 1.29 is 19.4 Å². The summed E-state index contributed by atoms with van der Waals surface area (Å²) in [5.74, 6) is 0.191. The van der Waals surface area contributed by atoms with E-state index >= 15 is 0 Å². The van der Waals surface area contributed by atoms with Gasteiger partial charge >= 0.3 is 11.9 Å². The lowest BCUT2D eigenvalue weighted by molar-refractivity contribution is -0.153. The standard InChI is InChI=1S/C21H29N5O4/c1-13-23-17-12-22-21(25-20(17)26(13)15-4-2-3-5-15)24-14-6-8-16(9-7-14)30-19(29)11-10-18(27)28/h12,14-16H,2-11H2,1H3,(H,27,28)(H,22,24,25)/t14-,16-. The second-order valence-electron chi connectivity index (χ2n) is 8.37. The van der Waals surface area contributed by atoms with Crippen LogP contribution < -0.4 is 5.32 Å². The number of anilines is 1. The van der Waals surface area contributed by atoms with Gasteiger partial charge in [-0.1, -0.05) is 12.8 Å². The predicted molar refractivity (Wildman–Crippen MR) is 110 cm³/mol. The summed E-state index contributed by atoms with van der Waals surface area (Å²) in [6, 6.07) is 0.698. The number of hydrogen-bond donors (Lipinski definition) is 2. The molecule has 2 N–H and O–H groups in total. The molecule has 30 heavy (non-hydrogen) atoms. The van der Waals surface area contributed by atoms with Crippen molar-refractivity contribution in [2.75, 3.05) is 5.32 Å². The molecule has 0 aliphatic heterocycles.